The van der Waals surface area contributed by atoms with Crippen molar-refractivity contribution >= 4 is 11.9 Å². The summed E-state index contributed by atoms with van der Waals surface area (Å²) in [7, 11) is 0. The molecular weight excluding hydrogens is 370 g/mol. The fourth-order valence-electron chi connectivity index (χ4n) is 4.03. The van der Waals surface area contributed by atoms with Crippen LogP contribution in [0, 0.1) is 5.92 Å². The highest BCUT2D eigenvalue weighted by Crippen LogP contribution is 2.30. The van der Waals surface area contributed by atoms with Gasteiger partial charge < -0.3 is 19.5 Å². The van der Waals surface area contributed by atoms with Crippen molar-refractivity contribution in [2.45, 2.75) is 31.8 Å². The highest BCUT2D eigenvalue weighted by molar-refractivity contribution is 5.88. The smallest absolute Gasteiger partial charge is 0.335 e. The second-order valence-corrected chi connectivity index (χ2v) is 7.63. The average Bonchev–Trinajstić information content (AvgIpc) is 2.93. The molecule has 2 aromatic carbocycles. The minimum absolute atomic E-state index is 0.0399. The lowest BCUT2D eigenvalue weighted by Gasteiger charge is -2.34. The van der Waals surface area contributed by atoms with Crippen molar-refractivity contribution in [3.05, 3.63) is 65.2 Å². The Kier molecular flexibility index (Phi) is 5.81. The van der Waals surface area contributed by atoms with Gasteiger partial charge in [-0.15, -0.1) is 0 Å². The van der Waals surface area contributed by atoms with E-state index in [0.717, 1.165) is 24.0 Å². The van der Waals surface area contributed by atoms with Crippen LogP contribution in [0.15, 0.2) is 48.5 Å². The summed E-state index contributed by atoms with van der Waals surface area (Å²) in [5, 5.41) is 9.28. The summed E-state index contributed by atoms with van der Waals surface area (Å²) in [6.45, 7) is 1.98. The van der Waals surface area contributed by atoms with Gasteiger partial charge in [0.05, 0.1) is 11.6 Å². The monoisotopic (exact) mass is 395 g/mol. The van der Waals surface area contributed by atoms with E-state index in [1.165, 1.54) is 0 Å². The molecule has 29 heavy (non-hydrogen) atoms. The molecule has 0 saturated carbocycles. The Labute approximate surface area is 170 Å². The van der Waals surface area contributed by atoms with Crippen LogP contribution in [0.3, 0.4) is 0 Å². The molecule has 4 rings (SSSR count). The molecular formula is C23H25NO5. The van der Waals surface area contributed by atoms with E-state index in [1.807, 2.05) is 23.1 Å². The minimum Gasteiger partial charge on any atom is -0.491 e. The van der Waals surface area contributed by atoms with Gasteiger partial charge >= 0.3 is 5.97 Å². The number of hydrogen-bond donors (Lipinski definition) is 1. The van der Waals surface area contributed by atoms with Crippen molar-refractivity contribution in [1.82, 2.24) is 4.90 Å². The molecule has 2 aliphatic rings. The molecule has 1 N–H and O–H groups in total. The van der Waals surface area contributed by atoms with Crippen molar-refractivity contribution in [3.8, 4) is 5.75 Å². The fourth-order valence-corrected chi connectivity index (χ4v) is 4.03. The highest BCUT2D eigenvalue weighted by Gasteiger charge is 2.34. The Morgan fingerprint density at radius 2 is 1.83 bits per heavy atom. The number of fused-ring (bicyclic) bond motifs is 1. The number of ether oxygens (including phenoxy) is 2. The molecule has 6 heteroatoms. The molecule has 1 saturated heterocycles. The molecule has 1 amide bonds. The largest absolute Gasteiger partial charge is 0.491 e. The van der Waals surface area contributed by atoms with Crippen LogP contribution in [0.5, 0.6) is 5.75 Å². The second-order valence-electron chi connectivity index (χ2n) is 7.63. The normalized spacial score (nSPS) is 19.7. The van der Waals surface area contributed by atoms with Gasteiger partial charge in [0.25, 0.3) is 0 Å². The van der Waals surface area contributed by atoms with E-state index in [4.69, 9.17) is 9.47 Å². The van der Waals surface area contributed by atoms with Crippen molar-refractivity contribution in [2.24, 2.45) is 5.92 Å². The zero-order valence-electron chi connectivity index (χ0n) is 16.3. The Balaban J connectivity index is 1.63. The van der Waals surface area contributed by atoms with Crippen LogP contribution in [-0.4, -0.2) is 47.7 Å². The fraction of sp³-hybridized carbons (Fsp3) is 0.391. The van der Waals surface area contributed by atoms with Crippen LogP contribution in [-0.2, 0) is 22.5 Å². The van der Waals surface area contributed by atoms with E-state index in [0.29, 0.717) is 38.5 Å². The SMILES string of the molecule is O=C(O)c1ccc2c(c1)OCC(Cc1ccccc1)N(C(=O)C1CCOCC1)C2. The van der Waals surface area contributed by atoms with Crippen molar-refractivity contribution in [1.29, 1.82) is 0 Å². The molecule has 0 bridgehead atoms. The van der Waals surface area contributed by atoms with Gasteiger partial charge in [-0.2, -0.15) is 0 Å². The maximum absolute atomic E-state index is 13.4. The number of carbonyl (C=O) groups excluding carboxylic acids is 1. The summed E-state index contributed by atoms with van der Waals surface area (Å²) >= 11 is 0. The summed E-state index contributed by atoms with van der Waals surface area (Å²) in [4.78, 5) is 26.7. The van der Waals surface area contributed by atoms with Crippen LogP contribution in [0.4, 0.5) is 0 Å². The van der Waals surface area contributed by atoms with E-state index < -0.39 is 5.97 Å². The number of amides is 1. The Morgan fingerprint density at radius 1 is 1.07 bits per heavy atom. The summed E-state index contributed by atoms with van der Waals surface area (Å²) < 4.78 is 11.4. The molecule has 1 atom stereocenters. The third kappa shape index (κ3) is 4.43. The van der Waals surface area contributed by atoms with E-state index in [-0.39, 0.29) is 23.4 Å². The highest BCUT2D eigenvalue weighted by atomic mass is 16.5. The molecule has 2 aromatic rings. The first-order valence-electron chi connectivity index (χ1n) is 10.0. The Hall–Kier alpha value is -2.86. The van der Waals surface area contributed by atoms with Gasteiger partial charge in [-0.3, -0.25) is 4.79 Å². The number of hydrogen-bond acceptors (Lipinski definition) is 4. The first-order chi connectivity index (χ1) is 14.1. The number of carboxylic acid groups (broad SMARTS) is 1. The summed E-state index contributed by atoms with van der Waals surface area (Å²) in [6, 6.07) is 14.8. The van der Waals surface area contributed by atoms with Crippen molar-refractivity contribution < 1.29 is 24.2 Å². The van der Waals surface area contributed by atoms with E-state index in [2.05, 4.69) is 12.1 Å². The number of carbonyl (C=O) groups is 2. The van der Waals surface area contributed by atoms with Gasteiger partial charge in [0.1, 0.15) is 12.4 Å². The lowest BCUT2D eigenvalue weighted by atomic mass is 9.96. The average molecular weight is 395 g/mol. The molecule has 0 spiro atoms. The summed E-state index contributed by atoms with van der Waals surface area (Å²) in [5.41, 5.74) is 2.17. The third-order valence-corrected chi connectivity index (χ3v) is 5.69. The maximum Gasteiger partial charge on any atom is 0.335 e. The molecule has 152 valence electrons. The number of rotatable bonds is 4. The standard InChI is InChI=1S/C23H25NO5/c25-22(17-8-10-28-11-9-17)24-14-19-7-6-18(23(26)27)13-21(19)29-15-20(24)12-16-4-2-1-3-5-16/h1-7,13,17,20H,8-12,14-15H2,(H,26,27). The molecule has 0 aromatic heterocycles. The molecule has 2 heterocycles. The predicted octanol–water partition coefficient (Wildman–Crippen LogP) is 3.14. The van der Waals surface area contributed by atoms with Gasteiger partial charge in [0.15, 0.2) is 0 Å². The predicted molar refractivity (Wildman–Crippen MR) is 107 cm³/mol. The summed E-state index contributed by atoms with van der Waals surface area (Å²) in [6.07, 6.45) is 2.16. The van der Waals surface area contributed by atoms with Gasteiger partial charge in [0, 0.05) is 31.2 Å². The quantitative estimate of drug-likeness (QED) is 0.861. The number of benzene rings is 2. The van der Waals surface area contributed by atoms with Crippen LogP contribution in [0.25, 0.3) is 0 Å². The van der Waals surface area contributed by atoms with E-state index >= 15 is 0 Å². The first-order valence-corrected chi connectivity index (χ1v) is 10.0. The summed E-state index contributed by atoms with van der Waals surface area (Å²) in [5.74, 6) is -0.350. The zero-order valence-corrected chi connectivity index (χ0v) is 16.3. The first kappa shape index (κ1) is 19.5. The molecule has 2 aliphatic heterocycles. The van der Waals surface area contributed by atoms with E-state index in [9.17, 15) is 14.7 Å². The van der Waals surface area contributed by atoms with Gasteiger partial charge in [-0.25, -0.2) is 4.79 Å². The van der Waals surface area contributed by atoms with Crippen LogP contribution in [0.2, 0.25) is 0 Å². The number of aromatic carboxylic acids is 1. The molecule has 1 unspecified atom stereocenters. The number of carboxylic acids is 1. The van der Waals surface area contributed by atoms with Gasteiger partial charge in [0.2, 0.25) is 5.91 Å². The molecule has 6 nitrogen and oxygen atoms in total. The van der Waals surface area contributed by atoms with Gasteiger partial charge in [-0.1, -0.05) is 36.4 Å². The van der Waals surface area contributed by atoms with Gasteiger partial charge in [-0.05, 0) is 37.0 Å². The molecule has 0 aliphatic carbocycles. The lowest BCUT2D eigenvalue weighted by Crippen LogP contribution is -2.46. The van der Waals surface area contributed by atoms with Crippen LogP contribution in [0.1, 0.15) is 34.3 Å². The number of nitrogens with zero attached hydrogens (tertiary/aromatic N) is 1. The molecule has 1 fully saturated rings. The van der Waals surface area contributed by atoms with Crippen LogP contribution < -0.4 is 4.74 Å². The molecule has 0 radical (unpaired) electrons. The van der Waals surface area contributed by atoms with E-state index in [1.54, 1.807) is 18.2 Å². The minimum atomic E-state index is -0.989. The lowest BCUT2D eigenvalue weighted by molar-refractivity contribution is -0.142. The Bertz CT molecular complexity index is 876. The van der Waals surface area contributed by atoms with Crippen molar-refractivity contribution in [3.63, 3.8) is 0 Å². The topological polar surface area (TPSA) is 76.1 Å². The second kappa shape index (κ2) is 8.66. The van der Waals surface area contributed by atoms with Crippen molar-refractivity contribution in [2.75, 3.05) is 19.8 Å². The maximum atomic E-state index is 13.4. The zero-order chi connectivity index (χ0) is 20.2. The Morgan fingerprint density at radius 3 is 2.55 bits per heavy atom. The van der Waals surface area contributed by atoms with Crippen LogP contribution >= 0.6 is 0 Å². The third-order valence-electron chi connectivity index (χ3n) is 5.69.